The van der Waals surface area contributed by atoms with Crippen LogP contribution >= 0.6 is 0 Å². The van der Waals surface area contributed by atoms with Crippen molar-refractivity contribution in [1.82, 2.24) is 0 Å². The predicted octanol–water partition coefficient (Wildman–Crippen LogP) is 4.82. The number of ketones is 1. The van der Waals surface area contributed by atoms with E-state index in [0.717, 1.165) is 33.9 Å². The normalized spacial score (nSPS) is 9.56. The fourth-order valence-corrected chi connectivity index (χ4v) is 2.78. The molecule has 0 spiro atoms. The topological polar surface area (TPSA) is 61.8 Å². The first-order chi connectivity index (χ1) is 17.6. The SMILES string of the molecule is C=CC(=O)COc1ccc(C#Cc2ccc(C#Cc3ccc(COCOC(=O)C=C)cc3)cc2)cc1. The van der Waals surface area contributed by atoms with Crippen molar-refractivity contribution in [2.75, 3.05) is 13.4 Å². The average molecular weight is 477 g/mol. The average Bonchev–Trinajstić information content (AvgIpc) is 2.93. The Kier molecular flexibility index (Phi) is 9.86. The Balaban J connectivity index is 1.51. The van der Waals surface area contributed by atoms with Gasteiger partial charge in [0.2, 0.25) is 0 Å². The van der Waals surface area contributed by atoms with E-state index in [1.807, 2.05) is 60.7 Å². The molecule has 0 N–H and O–H groups in total. The summed E-state index contributed by atoms with van der Waals surface area (Å²) in [5, 5.41) is 0. The second kappa shape index (κ2) is 13.8. The van der Waals surface area contributed by atoms with Crippen LogP contribution < -0.4 is 4.74 Å². The van der Waals surface area contributed by atoms with Gasteiger partial charge in [-0.3, -0.25) is 4.79 Å². The third-order valence-electron chi connectivity index (χ3n) is 4.72. The first-order valence-corrected chi connectivity index (χ1v) is 11.0. The van der Waals surface area contributed by atoms with Crippen molar-refractivity contribution < 1.29 is 23.8 Å². The van der Waals surface area contributed by atoms with E-state index in [1.165, 1.54) is 6.08 Å². The Morgan fingerprint density at radius 2 is 1.17 bits per heavy atom. The number of esters is 1. The molecule has 3 rings (SSSR count). The Hall–Kier alpha value is -4.84. The van der Waals surface area contributed by atoms with E-state index in [2.05, 4.69) is 36.8 Å². The molecular formula is C31H24O5. The molecule has 0 fully saturated rings. The summed E-state index contributed by atoms with van der Waals surface area (Å²) in [7, 11) is 0. The summed E-state index contributed by atoms with van der Waals surface area (Å²) in [6.45, 7) is 6.92. The van der Waals surface area contributed by atoms with Gasteiger partial charge in [0.05, 0.1) is 6.61 Å². The number of rotatable bonds is 9. The first-order valence-electron chi connectivity index (χ1n) is 11.0. The van der Waals surface area contributed by atoms with Crippen molar-refractivity contribution in [3.63, 3.8) is 0 Å². The van der Waals surface area contributed by atoms with Crippen molar-refractivity contribution in [2.45, 2.75) is 6.61 Å². The zero-order valence-electron chi connectivity index (χ0n) is 19.7. The highest BCUT2D eigenvalue weighted by molar-refractivity contribution is 5.90. The lowest BCUT2D eigenvalue weighted by atomic mass is 10.1. The molecule has 0 saturated heterocycles. The number of hydrogen-bond acceptors (Lipinski definition) is 5. The lowest BCUT2D eigenvalue weighted by molar-refractivity contribution is -0.151. The molecule has 0 aliphatic carbocycles. The minimum absolute atomic E-state index is 0.0271. The zero-order valence-corrected chi connectivity index (χ0v) is 19.7. The second-order valence-electron chi connectivity index (χ2n) is 7.39. The molecule has 0 bridgehead atoms. The van der Waals surface area contributed by atoms with Crippen molar-refractivity contribution in [1.29, 1.82) is 0 Å². The molecule has 5 nitrogen and oxygen atoms in total. The molecule has 0 aliphatic heterocycles. The lowest BCUT2D eigenvalue weighted by Crippen LogP contribution is -2.07. The highest BCUT2D eigenvalue weighted by atomic mass is 16.7. The molecule has 0 amide bonds. The van der Waals surface area contributed by atoms with Crippen LogP contribution in [-0.2, 0) is 25.7 Å². The number of ether oxygens (including phenoxy) is 3. The van der Waals surface area contributed by atoms with E-state index < -0.39 is 5.97 Å². The number of carbonyl (C=O) groups is 2. The zero-order chi connectivity index (χ0) is 25.6. The minimum atomic E-state index is -0.517. The van der Waals surface area contributed by atoms with E-state index in [0.29, 0.717) is 12.4 Å². The van der Waals surface area contributed by atoms with Crippen molar-refractivity contribution in [2.24, 2.45) is 0 Å². The monoisotopic (exact) mass is 476 g/mol. The van der Waals surface area contributed by atoms with E-state index in [-0.39, 0.29) is 19.2 Å². The van der Waals surface area contributed by atoms with Gasteiger partial charge < -0.3 is 14.2 Å². The molecule has 3 aromatic rings. The standard InChI is InChI=1S/C31H24O5/c1-3-29(32)22-35-30-19-17-27(18-20-30)12-11-25-7-5-24(6-8-25)9-10-26-13-15-28(16-14-26)21-34-23-36-31(33)4-2/h3-8,13-20H,1-2,21-23H2. The molecule has 0 radical (unpaired) electrons. The second-order valence-corrected chi connectivity index (χ2v) is 7.39. The van der Waals surface area contributed by atoms with Gasteiger partial charge in [0, 0.05) is 28.3 Å². The van der Waals surface area contributed by atoms with E-state index in [9.17, 15) is 9.59 Å². The lowest BCUT2D eigenvalue weighted by Gasteiger charge is -2.04. The predicted molar refractivity (Wildman–Crippen MR) is 138 cm³/mol. The smallest absolute Gasteiger partial charge is 0.332 e. The third-order valence-corrected chi connectivity index (χ3v) is 4.72. The fourth-order valence-electron chi connectivity index (χ4n) is 2.78. The van der Waals surface area contributed by atoms with E-state index in [4.69, 9.17) is 14.2 Å². The van der Waals surface area contributed by atoms with Crippen LogP contribution in [0.15, 0.2) is 98.1 Å². The first kappa shape index (κ1) is 25.8. The van der Waals surface area contributed by atoms with Crippen LogP contribution in [0, 0.1) is 23.7 Å². The van der Waals surface area contributed by atoms with Crippen LogP contribution in [0.1, 0.15) is 27.8 Å². The van der Waals surface area contributed by atoms with Gasteiger partial charge in [-0.15, -0.1) is 0 Å². The molecule has 5 heteroatoms. The summed E-state index contributed by atoms with van der Waals surface area (Å²) in [6, 6.07) is 22.6. The Bertz CT molecular complexity index is 1330. The third kappa shape index (κ3) is 8.83. The molecule has 0 heterocycles. The quantitative estimate of drug-likeness (QED) is 0.146. The van der Waals surface area contributed by atoms with Gasteiger partial charge in [0.15, 0.2) is 19.2 Å². The van der Waals surface area contributed by atoms with Crippen molar-refractivity contribution >= 4 is 11.8 Å². The maximum absolute atomic E-state index is 11.2. The molecule has 0 atom stereocenters. The van der Waals surface area contributed by atoms with E-state index in [1.54, 1.807) is 12.1 Å². The maximum Gasteiger partial charge on any atom is 0.332 e. The minimum Gasteiger partial charge on any atom is -0.485 e. The Morgan fingerprint density at radius 3 is 1.64 bits per heavy atom. The van der Waals surface area contributed by atoms with Crippen molar-refractivity contribution in [3.05, 3.63) is 126 Å². The highest BCUT2D eigenvalue weighted by Crippen LogP contribution is 2.12. The molecular weight excluding hydrogens is 452 g/mol. The molecule has 0 aliphatic rings. The van der Waals surface area contributed by atoms with Gasteiger partial charge in [-0.1, -0.05) is 49.0 Å². The highest BCUT2D eigenvalue weighted by Gasteiger charge is 1.99. The maximum atomic E-state index is 11.2. The largest absolute Gasteiger partial charge is 0.485 e. The van der Waals surface area contributed by atoms with Crippen LogP contribution in [-0.4, -0.2) is 25.2 Å². The number of hydrogen-bond donors (Lipinski definition) is 0. The van der Waals surface area contributed by atoms with Gasteiger partial charge in [0.1, 0.15) is 5.75 Å². The van der Waals surface area contributed by atoms with Gasteiger partial charge in [-0.2, -0.15) is 0 Å². The van der Waals surface area contributed by atoms with Crippen LogP contribution in [0.5, 0.6) is 5.75 Å². The van der Waals surface area contributed by atoms with Gasteiger partial charge in [0.25, 0.3) is 0 Å². The van der Waals surface area contributed by atoms with E-state index >= 15 is 0 Å². The molecule has 36 heavy (non-hydrogen) atoms. The van der Waals surface area contributed by atoms with Gasteiger partial charge in [-0.25, -0.2) is 4.79 Å². The summed E-state index contributed by atoms with van der Waals surface area (Å²) in [5.74, 6) is 12.4. The van der Waals surface area contributed by atoms with Gasteiger partial charge in [-0.05, 0) is 72.3 Å². The molecule has 3 aromatic carbocycles. The summed E-state index contributed by atoms with van der Waals surface area (Å²) < 4.78 is 15.4. The number of carbonyl (C=O) groups excluding carboxylic acids is 2. The van der Waals surface area contributed by atoms with Gasteiger partial charge >= 0.3 is 5.97 Å². The Morgan fingerprint density at radius 1 is 0.694 bits per heavy atom. The van der Waals surface area contributed by atoms with Crippen LogP contribution in [0.25, 0.3) is 0 Å². The summed E-state index contributed by atoms with van der Waals surface area (Å²) in [6.07, 6.45) is 2.33. The summed E-state index contributed by atoms with van der Waals surface area (Å²) in [5.41, 5.74) is 4.42. The van der Waals surface area contributed by atoms with Crippen LogP contribution in [0.3, 0.4) is 0 Å². The molecule has 178 valence electrons. The molecule has 0 saturated carbocycles. The van der Waals surface area contributed by atoms with Crippen molar-refractivity contribution in [3.8, 4) is 29.4 Å². The Labute approximate surface area is 211 Å². The van der Waals surface area contributed by atoms with Crippen LogP contribution in [0.4, 0.5) is 0 Å². The summed E-state index contributed by atoms with van der Waals surface area (Å²) >= 11 is 0. The fraction of sp³-hybridized carbons (Fsp3) is 0.0968. The summed E-state index contributed by atoms with van der Waals surface area (Å²) in [4.78, 5) is 22.2. The molecule has 0 unspecified atom stereocenters. The van der Waals surface area contributed by atoms with Crippen LogP contribution in [0.2, 0.25) is 0 Å². The number of benzene rings is 3. The molecule has 0 aromatic heterocycles.